The molecule has 0 fully saturated rings. The number of benzene rings is 1. The molecule has 0 aliphatic rings. The smallest absolute Gasteiger partial charge is 0.273 e. The molecule has 7 nitrogen and oxygen atoms in total. The third-order valence-corrected chi connectivity index (χ3v) is 7.25. The molecule has 0 atom stereocenters. The van der Waals surface area contributed by atoms with Crippen LogP contribution in [0, 0.1) is 6.92 Å². The topological polar surface area (TPSA) is 76.8 Å². The van der Waals surface area contributed by atoms with E-state index in [0.717, 1.165) is 58.7 Å². The second-order valence-electron chi connectivity index (χ2n) is 7.88. The Bertz CT molecular complexity index is 1230. The van der Waals surface area contributed by atoms with Crippen molar-refractivity contribution in [1.82, 2.24) is 29.6 Å². The zero-order valence-electron chi connectivity index (χ0n) is 19.6. The molecule has 176 valence electrons. The Balaban J connectivity index is 1.58. The van der Waals surface area contributed by atoms with Gasteiger partial charge in [-0.25, -0.2) is 4.98 Å². The van der Waals surface area contributed by atoms with Gasteiger partial charge in [-0.3, -0.25) is 14.3 Å². The van der Waals surface area contributed by atoms with Crippen LogP contribution in [0.25, 0.3) is 17.1 Å². The van der Waals surface area contributed by atoms with Crippen molar-refractivity contribution in [2.45, 2.75) is 44.5 Å². The lowest BCUT2D eigenvalue weighted by Gasteiger charge is -2.20. The van der Waals surface area contributed by atoms with Gasteiger partial charge in [-0.1, -0.05) is 43.8 Å². The maximum atomic E-state index is 12.9. The Kier molecular flexibility index (Phi) is 8.08. The molecular weight excluding hydrogens is 464 g/mol. The lowest BCUT2D eigenvalue weighted by atomic mass is 10.2. The van der Waals surface area contributed by atoms with Crippen LogP contribution < -0.4 is 0 Å². The average molecular weight is 493 g/mol. The number of rotatable bonds is 10. The highest BCUT2D eigenvalue weighted by molar-refractivity contribution is 7.98. The summed E-state index contributed by atoms with van der Waals surface area (Å²) in [6, 6.07) is 12.1. The summed E-state index contributed by atoms with van der Waals surface area (Å²) >= 11 is 3.08. The number of pyridine rings is 1. The number of nitrogens with zero attached hydrogens (tertiary/aromatic N) is 6. The molecule has 3 heterocycles. The molecule has 0 radical (unpaired) electrons. The van der Waals surface area contributed by atoms with Crippen molar-refractivity contribution in [2.24, 2.45) is 0 Å². The number of hydrogen-bond acceptors (Lipinski definition) is 7. The van der Waals surface area contributed by atoms with Crippen molar-refractivity contribution >= 4 is 29.0 Å². The van der Waals surface area contributed by atoms with Crippen LogP contribution in [-0.4, -0.2) is 48.6 Å². The molecule has 0 N–H and O–H groups in total. The molecule has 0 aliphatic carbocycles. The predicted octanol–water partition coefficient (Wildman–Crippen LogP) is 5.65. The zero-order valence-corrected chi connectivity index (χ0v) is 21.3. The highest BCUT2D eigenvalue weighted by atomic mass is 32.2. The van der Waals surface area contributed by atoms with E-state index in [1.165, 1.54) is 11.3 Å². The van der Waals surface area contributed by atoms with Crippen LogP contribution in [0.2, 0.25) is 0 Å². The number of aromatic nitrogens is 5. The van der Waals surface area contributed by atoms with Gasteiger partial charge in [0.05, 0.1) is 11.4 Å². The zero-order chi connectivity index (χ0) is 23.9. The van der Waals surface area contributed by atoms with Gasteiger partial charge in [-0.05, 0) is 43.5 Å². The van der Waals surface area contributed by atoms with Gasteiger partial charge in [-0.2, -0.15) is 0 Å². The van der Waals surface area contributed by atoms with Crippen molar-refractivity contribution in [1.29, 1.82) is 0 Å². The van der Waals surface area contributed by atoms with E-state index < -0.39 is 0 Å². The molecule has 0 aliphatic heterocycles. The van der Waals surface area contributed by atoms with Crippen LogP contribution in [0.3, 0.4) is 0 Å². The van der Waals surface area contributed by atoms with Crippen molar-refractivity contribution in [3.8, 4) is 17.1 Å². The molecule has 0 unspecified atom stereocenters. The molecule has 4 rings (SSSR count). The van der Waals surface area contributed by atoms with E-state index in [1.807, 2.05) is 34.5 Å². The number of para-hydroxylation sites is 1. The molecule has 4 aromatic rings. The fourth-order valence-corrected chi connectivity index (χ4v) is 5.43. The Morgan fingerprint density at radius 2 is 1.88 bits per heavy atom. The number of amides is 1. The molecular formula is C25H28N6OS2. The van der Waals surface area contributed by atoms with Crippen molar-refractivity contribution < 1.29 is 4.79 Å². The summed E-state index contributed by atoms with van der Waals surface area (Å²) in [5, 5.41) is 12.5. The fourth-order valence-electron chi connectivity index (χ4n) is 3.70. The summed E-state index contributed by atoms with van der Waals surface area (Å²) in [4.78, 5) is 23.7. The molecule has 34 heavy (non-hydrogen) atoms. The number of carbonyl (C=O) groups is 1. The van der Waals surface area contributed by atoms with E-state index in [1.54, 1.807) is 24.2 Å². The summed E-state index contributed by atoms with van der Waals surface area (Å²) in [6.07, 6.45) is 5.42. The summed E-state index contributed by atoms with van der Waals surface area (Å²) < 4.78 is 2.07. The van der Waals surface area contributed by atoms with Gasteiger partial charge in [0.15, 0.2) is 11.0 Å². The molecule has 0 bridgehead atoms. The number of thioether (sulfide) groups is 1. The first-order valence-corrected chi connectivity index (χ1v) is 13.3. The number of thiazole rings is 1. The van der Waals surface area contributed by atoms with Crippen LogP contribution in [0.15, 0.2) is 59.3 Å². The average Bonchev–Trinajstić information content (AvgIpc) is 3.50. The third-order valence-electron chi connectivity index (χ3n) is 5.28. The van der Waals surface area contributed by atoms with Crippen molar-refractivity contribution in [2.75, 3.05) is 13.1 Å². The summed E-state index contributed by atoms with van der Waals surface area (Å²) in [6.45, 7) is 7.76. The Morgan fingerprint density at radius 1 is 1.09 bits per heavy atom. The molecule has 9 heteroatoms. The van der Waals surface area contributed by atoms with Gasteiger partial charge >= 0.3 is 0 Å². The second kappa shape index (κ2) is 11.4. The Morgan fingerprint density at radius 3 is 2.59 bits per heavy atom. The van der Waals surface area contributed by atoms with Crippen molar-refractivity contribution in [3.63, 3.8) is 0 Å². The van der Waals surface area contributed by atoms with Crippen molar-refractivity contribution in [3.05, 3.63) is 70.4 Å². The molecule has 3 aromatic heterocycles. The number of hydrogen-bond donors (Lipinski definition) is 0. The van der Waals surface area contributed by atoms with Crippen LogP contribution in [0.1, 0.15) is 47.7 Å². The van der Waals surface area contributed by atoms with E-state index in [9.17, 15) is 4.79 Å². The lowest BCUT2D eigenvalue weighted by molar-refractivity contribution is 0.0750. The monoisotopic (exact) mass is 492 g/mol. The largest absolute Gasteiger partial charge is 0.337 e. The molecule has 1 amide bonds. The molecule has 1 aromatic carbocycles. The SMILES string of the molecule is CCCN(CCC)C(=O)c1csc(CSc2nnc(-c3cccnc3)n2-c2ccccc2C)n1. The summed E-state index contributed by atoms with van der Waals surface area (Å²) in [5.74, 6) is 1.36. The Hall–Kier alpha value is -3.04. The first kappa shape index (κ1) is 24.1. The maximum Gasteiger partial charge on any atom is 0.273 e. The van der Waals surface area contributed by atoms with Gasteiger partial charge < -0.3 is 4.90 Å². The minimum atomic E-state index is 0.0122. The molecule has 0 spiro atoms. The van der Waals surface area contributed by atoms with Gasteiger partial charge in [-0.15, -0.1) is 21.5 Å². The van der Waals surface area contributed by atoms with E-state index in [4.69, 9.17) is 0 Å². The maximum absolute atomic E-state index is 12.9. The van der Waals surface area contributed by atoms with E-state index in [-0.39, 0.29) is 5.91 Å². The van der Waals surface area contributed by atoms with Crippen LogP contribution in [-0.2, 0) is 5.75 Å². The highest BCUT2D eigenvalue weighted by Gasteiger charge is 2.20. The molecule has 0 saturated heterocycles. The van der Waals surface area contributed by atoms with Gasteiger partial charge in [0.25, 0.3) is 5.91 Å². The third kappa shape index (κ3) is 5.37. The van der Waals surface area contributed by atoms with E-state index >= 15 is 0 Å². The minimum absolute atomic E-state index is 0.0122. The lowest BCUT2D eigenvalue weighted by Crippen LogP contribution is -2.32. The first-order chi connectivity index (χ1) is 16.6. The van der Waals surface area contributed by atoms with Gasteiger partial charge in [0.1, 0.15) is 10.7 Å². The second-order valence-corrected chi connectivity index (χ2v) is 9.76. The highest BCUT2D eigenvalue weighted by Crippen LogP contribution is 2.31. The van der Waals surface area contributed by atoms with E-state index in [2.05, 4.69) is 57.6 Å². The number of carbonyl (C=O) groups excluding carboxylic acids is 1. The normalized spacial score (nSPS) is 11.0. The predicted molar refractivity (Wildman–Crippen MR) is 137 cm³/mol. The fraction of sp³-hybridized carbons (Fsp3) is 0.320. The Labute approximate surface area is 208 Å². The van der Waals surface area contributed by atoms with Gasteiger partial charge in [0.2, 0.25) is 0 Å². The van der Waals surface area contributed by atoms with Crippen LogP contribution in [0.5, 0.6) is 0 Å². The minimum Gasteiger partial charge on any atom is -0.337 e. The number of aryl methyl sites for hydroxylation is 1. The van der Waals surface area contributed by atoms with Gasteiger partial charge in [0, 0.05) is 36.4 Å². The summed E-state index contributed by atoms with van der Waals surface area (Å²) in [7, 11) is 0. The standard InChI is InChI=1S/C25H28N6OS2/c1-4-13-30(14-5-2)24(32)20-16-33-22(27-20)17-34-25-29-28-23(19-10-8-12-26-15-19)31(25)21-11-7-6-9-18(21)3/h6-12,15-16H,4-5,13-14,17H2,1-3H3. The van der Waals surface area contributed by atoms with Crippen LogP contribution >= 0.6 is 23.1 Å². The molecule has 0 saturated carbocycles. The quantitative estimate of drug-likeness (QED) is 0.266. The summed E-state index contributed by atoms with van der Waals surface area (Å²) in [5.41, 5.74) is 3.58. The van der Waals surface area contributed by atoms with Crippen LogP contribution in [0.4, 0.5) is 0 Å². The van der Waals surface area contributed by atoms with E-state index in [0.29, 0.717) is 11.4 Å². The first-order valence-electron chi connectivity index (χ1n) is 11.4.